The summed E-state index contributed by atoms with van der Waals surface area (Å²) in [5, 5.41) is 0.865. The minimum atomic E-state index is -0.391. The first-order valence-electron chi connectivity index (χ1n) is 9.72. The summed E-state index contributed by atoms with van der Waals surface area (Å²) in [6.07, 6.45) is 3.97. The lowest BCUT2D eigenvalue weighted by Crippen LogP contribution is -2.01. The zero-order valence-corrected chi connectivity index (χ0v) is 16.9. The number of methoxy groups -OCH3 is 1. The third-order valence-corrected chi connectivity index (χ3v) is 4.96. The molecule has 0 atom stereocenters. The highest BCUT2D eigenvalue weighted by atomic mass is 16.5. The van der Waals surface area contributed by atoms with Crippen LogP contribution in [-0.4, -0.2) is 13.7 Å². The molecule has 0 unspecified atom stereocenters. The maximum absolute atomic E-state index is 12.2. The lowest BCUT2D eigenvalue weighted by Gasteiger charge is -2.12. The summed E-state index contributed by atoms with van der Waals surface area (Å²) < 4.78 is 16.7. The quantitative estimate of drug-likeness (QED) is 0.381. The van der Waals surface area contributed by atoms with E-state index in [1.807, 2.05) is 85.8 Å². The minimum Gasteiger partial charge on any atom is -0.497 e. The molecule has 0 fully saturated rings. The van der Waals surface area contributed by atoms with E-state index in [1.165, 1.54) is 6.07 Å². The number of hydrogen-bond acceptors (Lipinski definition) is 4. The molecule has 4 aromatic rings. The van der Waals surface area contributed by atoms with Crippen molar-refractivity contribution in [2.75, 3.05) is 13.7 Å². The van der Waals surface area contributed by atoms with Crippen LogP contribution in [0.5, 0.6) is 11.5 Å². The summed E-state index contributed by atoms with van der Waals surface area (Å²) in [5.74, 6) is 1.46. The second kappa shape index (κ2) is 8.70. The number of aryl methyl sites for hydroxylation is 1. The molecule has 0 N–H and O–H groups in total. The van der Waals surface area contributed by atoms with Gasteiger partial charge in [-0.25, -0.2) is 4.79 Å². The van der Waals surface area contributed by atoms with Crippen molar-refractivity contribution < 1.29 is 13.9 Å². The van der Waals surface area contributed by atoms with Gasteiger partial charge in [0.2, 0.25) is 0 Å². The van der Waals surface area contributed by atoms with Gasteiger partial charge in [-0.05, 0) is 54.0 Å². The highest BCUT2D eigenvalue weighted by Crippen LogP contribution is 2.33. The largest absolute Gasteiger partial charge is 0.497 e. The Morgan fingerprint density at radius 3 is 2.47 bits per heavy atom. The summed E-state index contributed by atoms with van der Waals surface area (Å²) in [5.41, 5.74) is 3.81. The standard InChI is InChI=1S/C26H22O4/c1-18-24(29-16-6-9-19-7-4-3-5-8-19)15-14-22-23(17-25(27)30-26(18)22)20-10-12-21(28-2)13-11-20/h3-15,17H,16H2,1-2H3/b9-6+. The minimum absolute atomic E-state index is 0.391. The van der Waals surface area contributed by atoms with Gasteiger partial charge in [-0.15, -0.1) is 0 Å². The van der Waals surface area contributed by atoms with Gasteiger partial charge in [-0.1, -0.05) is 48.5 Å². The Kier molecular flexibility index (Phi) is 5.66. The van der Waals surface area contributed by atoms with E-state index in [1.54, 1.807) is 7.11 Å². The molecule has 0 spiro atoms. The Bertz CT molecular complexity index is 1240. The Balaban J connectivity index is 1.63. The fourth-order valence-electron chi connectivity index (χ4n) is 3.39. The normalized spacial score (nSPS) is 11.1. The number of ether oxygens (including phenoxy) is 2. The van der Waals surface area contributed by atoms with E-state index in [0.29, 0.717) is 17.9 Å². The van der Waals surface area contributed by atoms with E-state index >= 15 is 0 Å². The lowest BCUT2D eigenvalue weighted by atomic mass is 10.00. The molecule has 0 amide bonds. The first-order chi connectivity index (χ1) is 14.7. The van der Waals surface area contributed by atoms with E-state index in [0.717, 1.165) is 33.4 Å². The molecule has 0 aliphatic carbocycles. The lowest BCUT2D eigenvalue weighted by molar-refractivity contribution is 0.360. The second-order valence-corrected chi connectivity index (χ2v) is 6.90. The van der Waals surface area contributed by atoms with Crippen molar-refractivity contribution >= 4 is 17.0 Å². The van der Waals surface area contributed by atoms with Crippen molar-refractivity contribution in [1.82, 2.24) is 0 Å². The van der Waals surface area contributed by atoms with Crippen LogP contribution in [0.1, 0.15) is 11.1 Å². The van der Waals surface area contributed by atoms with Crippen molar-refractivity contribution in [2.24, 2.45) is 0 Å². The highest BCUT2D eigenvalue weighted by Gasteiger charge is 2.13. The predicted octanol–water partition coefficient (Wildman–Crippen LogP) is 5.87. The van der Waals surface area contributed by atoms with Gasteiger partial charge in [-0.3, -0.25) is 0 Å². The SMILES string of the molecule is COc1ccc(-c2cc(=O)oc3c(C)c(OC/C=C/c4ccccc4)ccc23)cc1. The molecule has 3 aromatic carbocycles. The van der Waals surface area contributed by atoms with E-state index in [2.05, 4.69) is 0 Å². The molecule has 0 saturated carbocycles. The van der Waals surface area contributed by atoms with Crippen molar-refractivity contribution in [3.8, 4) is 22.6 Å². The van der Waals surface area contributed by atoms with E-state index in [-0.39, 0.29) is 0 Å². The first-order valence-corrected chi connectivity index (χ1v) is 9.72. The van der Waals surface area contributed by atoms with Gasteiger partial charge >= 0.3 is 5.63 Å². The highest BCUT2D eigenvalue weighted by molar-refractivity contribution is 5.95. The molecule has 4 rings (SSSR count). The molecule has 0 bridgehead atoms. The molecule has 0 radical (unpaired) electrons. The number of fused-ring (bicyclic) bond motifs is 1. The molecule has 0 saturated heterocycles. The van der Waals surface area contributed by atoms with Gasteiger partial charge in [0.1, 0.15) is 23.7 Å². The van der Waals surface area contributed by atoms with Crippen LogP contribution >= 0.6 is 0 Å². The van der Waals surface area contributed by atoms with Gasteiger partial charge in [-0.2, -0.15) is 0 Å². The molecular weight excluding hydrogens is 376 g/mol. The van der Waals surface area contributed by atoms with Gasteiger partial charge in [0.05, 0.1) is 7.11 Å². The van der Waals surface area contributed by atoms with Gasteiger partial charge in [0.15, 0.2) is 0 Å². The Morgan fingerprint density at radius 2 is 1.73 bits per heavy atom. The summed E-state index contributed by atoms with van der Waals surface area (Å²) in [6.45, 7) is 2.32. The fraction of sp³-hybridized carbons (Fsp3) is 0.115. The average molecular weight is 398 g/mol. The maximum atomic E-state index is 12.2. The molecular formula is C26H22O4. The van der Waals surface area contributed by atoms with Crippen LogP contribution in [-0.2, 0) is 0 Å². The van der Waals surface area contributed by atoms with Gasteiger partial charge in [0, 0.05) is 17.0 Å². The van der Waals surface area contributed by atoms with Crippen molar-refractivity contribution in [2.45, 2.75) is 6.92 Å². The first kappa shape index (κ1) is 19.5. The van der Waals surface area contributed by atoms with Crippen molar-refractivity contribution in [3.05, 3.63) is 100 Å². The van der Waals surface area contributed by atoms with E-state index in [4.69, 9.17) is 13.9 Å². The molecule has 150 valence electrons. The fourth-order valence-corrected chi connectivity index (χ4v) is 3.39. The van der Waals surface area contributed by atoms with Crippen molar-refractivity contribution in [3.63, 3.8) is 0 Å². The summed E-state index contributed by atoms with van der Waals surface area (Å²) >= 11 is 0. The zero-order valence-electron chi connectivity index (χ0n) is 16.9. The van der Waals surface area contributed by atoms with Crippen LogP contribution in [0.25, 0.3) is 28.2 Å². The Morgan fingerprint density at radius 1 is 0.967 bits per heavy atom. The molecule has 4 nitrogen and oxygen atoms in total. The Labute approximate surface area is 175 Å². The van der Waals surface area contributed by atoms with Crippen LogP contribution in [0.4, 0.5) is 0 Å². The summed E-state index contributed by atoms with van der Waals surface area (Å²) in [6, 6.07) is 23.0. The second-order valence-electron chi connectivity index (χ2n) is 6.90. The zero-order chi connectivity index (χ0) is 20.9. The molecule has 0 aliphatic rings. The third kappa shape index (κ3) is 4.13. The maximum Gasteiger partial charge on any atom is 0.336 e. The molecule has 4 heteroatoms. The van der Waals surface area contributed by atoms with Crippen LogP contribution in [0.3, 0.4) is 0 Å². The molecule has 0 aliphatic heterocycles. The van der Waals surface area contributed by atoms with Crippen LogP contribution in [0, 0.1) is 6.92 Å². The topological polar surface area (TPSA) is 48.7 Å². The molecule has 30 heavy (non-hydrogen) atoms. The Hall–Kier alpha value is -3.79. The molecule has 1 heterocycles. The third-order valence-electron chi connectivity index (χ3n) is 4.96. The monoisotopic (exact) mass is 398 g/mol. The van der Waals surface area contributed by atoms with E-state index in [9.17, 15) is 4.79 Å². The van der Waals surface area contributed by atoms with Crippen molar-refractivity contribution in [1.29, 1.82) is 0 Å². The smallest absolute Gasteiger partial charge is 0.336 e. The summed E-state index contributed by atoms with van der Waals surface area (Å²) in [4.78, 5) is 12.2. The number of benzene rings is 3. The van der Waals surface area contributed by atoms with E-state index < -0.39 is 5.63 Å². The van der Waals surface area contributed by atoms with Gasteiger partial charge < -0.3 is 13.9 Å². The van der Waals surface area contributed by atoms with Crippen LogP contribution < -0.4 is 15.1 Å². The average Bonchev–Trinajstić information content (AvgIpc) is 2.78. The van der Waals surface area contributed by atoms with Gasteiger partial charge in [0.25, 0.3) is 0 Å². The predicted molar refractivity (Wildman–Crippen MR) is 120 cm³/mol. The van der Waals surface area contributed by atoms with Crippen LogP contribution in [0.15, 0.2) is 88.1 Å². The van der Waals surface area contributed by atoms with Crippen LogP contribution in [0.2, 0.25) is 0 Å². The number of rotatable bonds is 6. The molecule has 1 aromatic heterocycles. The number of hydrogen-bond donors (Lipinski definition) is 0. The summed E-state index contributed by atoms with van der Waals surface area (Å²) in [7, 11) is 1.63.